The number of para-hydroxylation sites is 1. The van der Waals surface area contributed by atoms with Crippen LogP contribution in [0.15, 0.2) is 49.1 Å². The standard InChI is InChI=1S/C24H25F2N7O3S/c1-16-20(11-17-5-3-4-6-21(17)36-23(25)26)33-15-19(27-14-22(33)30-16)18-12-28-24(29-13-18)31-7-9-32(10-8-31)37(2,34)35/h3-6,12-15,23H,7-11H2,1-2H3. The summed E-state index contributed by atoms with van der Waals surface area (Å²) in [5.41, 5.74) is 4.14. The lowest BCUT2D eigenvalue weighted by molar-refractivity contribution is -0.0504. The Labute approximate surface area is 212 Å². The molecule has 0 saturated carbocycles. The Hall–Kier alpha value is -3.71. The number of hydrogen-bond donors (Lipinski definition) is 0. The van der Waals surface area contributed by atoms with Crippen molar-refractivity contribution < 1.29 is 21.9 Å². The zero-order valence-corrected chi connectivity index (χ0v) is 21.1. The molecule has 0 spiro atoms. The Morgan fingerprint density at radius 3 is 2.41 bits per heavy atom. The summed E-state index contributed by atoms with van der Waals surface area (Å²) in [6.07, 6.45) is 8.37. The molecule has 194 valence electrons. The molecule has 13 heteroatoms. The molecule has 0 N–H and O–H groups in total. The minimum Gasteiger partial charge on any atom is -0.435 e. The van der Waals surface area contributed by atoms with Crippen molar-refractivity contribution in [1.29, 1.82) is 0 Å². The van der Waals surface area contributed by atoms with E-state index in [-0.39, 0.29) is 5.75 Å². The molecule has 1 fully saturated rings. The van der Waals surface area contributed by atoms with Crippen LogP contribution in [0.2, 0.25) is 0 Å². The van der Waals surface area contributed by atoms with E-state index in [1.165, 1.54) is 16.6 Å². The van der Waals surface area contributed by atoms with Crippen molar-refractivity contribution in [2.45, 2.75) is 20.0 Å². The van der Waals surface area contributed by atoms with Crippen molar-refractivity contribution >= 4 is 21.6 Å². The number of nitrogens with zero attached hydrogens (tertiary/aromatic N) is 7. The molecular formula is C24H25F2N7O3S. The maximum atomic E-state index is 12.9. The molecule has 0 bridgehead atoms. The number of rotatable bonds is 7. The van der Waals surface area contributed by atoms with Gasteiger partial charge in [0.05, 0.1) is 29.5 Å². The van der Waals surface area contributed by atoms with E-state index in [4.69, 9.17) is 4.74 Å². The molecule has 4 heterocycles. The van der Waals surface area contributed by atoms with Crippen LogP contribution in [0, 0.1) is 6.92 Å². The summed E-state index contributed by atoms with van der Waals surface area (Å²) in [6, 6.07) is 6.70. The predicted octanol–water partition coefficient (Wildman–Crippen LogP) is 2.77. The summed E-state index contributed by atoms with van der Waals surface area (Å²) in [5, 5.41) is 0. The van der Waals surface area contributed by atoms with Crippen molar-refractivity contribution in [3.63, 3.8) is 0 Å². The van der Waals surface area contributed by atoms with Gasteiger partial charge >= 0.3 is 6.61 Å². The topological polar surface area (TPSA) is 106 Å². The van der Waals surface area contributed by atoms with E-state index in [2.05, 4.69) is 19.9 Å². The number of benzene rings is 1. The number of aryl methyl sites for hydroxylation is 1. The van der Waals surface area contributed by atoms with Gasteiger partial charge in [-0.2, -0.15) is 13.1 Å². The van der Waals surface area contributed by atoms with Gasteiger partial charge in [0.15, 0.2) is 5.65 Å². The van der Waals surface area contributed by atoms with Gasteiger partial charge in [0.1, 0.15) is 5.75 Å². The summed E-state index contributed by atoms with van der Waals surface area (Å²) in [6.45, 7) is 0.731. The highest BCUT2D eigenvalue weighted by atomic mass is 32.2. The van der Waals surface area contributed by atoms with Gasteiger partial charge in [-0.05, 0) is 13.0 Å². The highest BCUT2D eigenvalue weighted by Gasteiger charge is 2.24. The number of alkyl halides is 2. The summed E-state index contributed by atoms with van der Waals surface area (Å²) >= 11 is 0. The fourth-order valence-corrected chi connectivity index (χ4v) is 5.19. The molecule has 0 unspecified atom stereocenters. The fraction of sp³-hybridized carbons (Fsp3) is 0.333. The van der Waals surface area contributed by atoms with Gasteiger partial charge in [0.2, 0.25) is 16.0 Å². The first kappa shape index (κ1) is 25.0. The van der Waals surface area contributed by atoms with E-state index in [1.807, 2.05) is 22.4 Å². The second kappa shape index (κ2) is 9.98. The summed E-state index contributed by atoms with van der Waals surface area (Å²) in [4.78, 5) is 20.0. The van der Waals surface area contributed by atoms with E-state index in [0.717, 1.165) is 11.4 Å². The first-order valence-corrected chi connectivity index (χ1v) is 13.4. The highest BCUT2D eigenvalue weighted by Crippen LogP contribution is 2.26. The molecule has 0 amide bonds. The predicted molar refractivity (Wildman–Crippen MR) is 133 cm³/mol. The third-order valence-corrected chi connectivity index (χ3v) is 7.58. The second-order valence-corrected chi connectivity index (χ2v) is 10.7. The normalized spacial score (nSPS) is 15.0. The Kier molecular flexibility index (Phi) is 6.73. The number of halogens is 2. The van der Waals surface area contributed by atoms with Crippen LogP contribution in [-0.4, -0.2) is 76.1 Å². The van der Waals surface area contributed by atoms with E-state index in [9.17, 15) is 17.2 Å². The van der Waals surface area contributed by atoms with E-state index < -0.39 is 16.6 Å². The molecule has 1 aromatic carbocycles. The van der Waals surface area contributed by atoms with Gasteiger partial charge in [-0.15, -0.1) is 0 Å². The zero-order valence-electron chi connectivity index (χ0n) is 20.3. The average Bonchev–Trinajstić information content (AvgIpc) is 3.18. The van der Waals surface area contributed by atoms with Crippen molar-refractivity contribution in [2.75, 3.05) is 37.3 Å². The minimum absolute atomic E-state index is 0.127. The van der Waals surface area contributed by atoms with Crippen LogP contribution in [0.5, 0.6) is 5.75 Å². The Bertz CT molecular complexity index is 1520. The van der Waals surface area contributed by atoms with Crippen LogP contribution >= 0.6 is 0 Å². The van der Waals surface area contributed by atoms with Gasteiger partial charge < -0.3 is 9.64 Å². The van der Waals surface area contributed by atoms with Crippen molar-refractivity contribution in [3.8, 4) is 17.0 Å². The Balaban J connectivity index is 1.39. The molecule has 1 aliphatic heterocycles. The van der Waals surface area contributed by atoms with Crippen LogP contribution in [0.3, 0.4) is 0 Å². The molecule has 3 aromatic heterocycles. The molecule has 0 aliphatic carbocycles. The van der Waals surface area contributed by atoms with Crippen LogP contribution < -0.4 is 9.64 Å². The van der Waals surface area contributed by atoms with Crippen LogP contribution in [0.25, 0.3) is 16.9 Å². The molecule has 37 heavy (non-hydrogen) atoms. The lowest BCUT2D eigenvalue weighted by Gasteiger charge is -2.33. The monoisotopic (exact) mass is 529 g/mol. The number of fused-ring (bicyclic) bond motifs is 1. The number of anilines is 1. The van der Waals surface area contributed by atoms with Gasteiger partial charge in [-0.1, -0.05) is 18.2 Å². The van der Waals surface area contributed by atoms with Gasteiger partial charge in [-0.3, -0.25) is 9.38 Å². The SMILES string of the molecule is Cc1nc2cnc(-c3cnc(N4CCN(S(C)(=O)=O)CC4)nc3)cn2c1Cc1ccccc1OC(F)F. The minimum atomic E-state index is -3.21. The third-order valence-electron chi connectivity index (χ3n) is 6.28. The number of piperazine rings is 1. The van der Waals surface area contributed by atoms with Crippen LogP contribution in [-0.2, 0) is 16.4 Å². The average molecular weight is 530 g/mol. The number of sulfonamides is 1. The lowest BCUT2D eigenvalue weighted by Crippen LogP contribution is -2.48. The van der Waals surface area contributed by atoms with Crippen LogP contribution in [0.1, 0.15) is 17.0 Å². The molecule has 0 atom stereocenters. The van der Waals surface area contributed by atoms with Gasteiger partial charge in [0, 0.05) is 62.3 Å². The summed E-state index contributed by atoms with van der Waals surface area (Å²) in [5.74, 6) is 0.648. The van der Waals surface area contributed by atoms with Gasteiger partial charge in [-0.25, -0.2) is 23.4 Å². The molecule has 0 radical (unpaired) electrons. The molecule has 1 saturated heterocycles. The molecule has 10 nitrogen and oxygen atoms in total. The highest BCUT2D eigenvalue weighted by molar-refractivity contribution is 7.88. The zero-order chi connectivity index (χ0) is 26.2. The van der Waals surface area contributed by atoms with Crippen molar-refractivity contribution in [3.05, 3.63) is 66.0 Å². The summed E-state index contributed by atoms with van der Waals surface area (Å²) < 4.78 is 57.2. The smallest absolute Gasteiger partial charge is 0.387 e. The molecular weight excluding hydrogens is 504 g/mol. The first-order valence-electron chi connectivity index (χ1n) is 11.6. The first-order chi connectivity index (χ1) is 17.7. The molecule has 5 rings (SSSR count). The Morgan fingerprint density at radius 1 is 1.03 bits per heavy atom. The maximum absolute atomic E-state index is 12.9. The van der Waals surface area contributed by atoms with E-state index in [0.29, 0.717) is 61.0 Å². The van der Waals surface area contributed by atoms with Gasteiger partial charge in [0.25, 0.3) is 0 Å². The van der Waals surface area contributed by atoms with E-state index >= 15 is 0 Å². The number of imidazole rings is 1. The number of hydrogen-bond acceptors (Lipinski definition) is 8. The Morgan fingerprint density at radius 2 is 1.73 bits per heavy atom. The second-order valence-electron chi connectivity index (χ2n) is 8.73. The van der Waals surface area contributed by atoms with Crippen LogP contribution in [0.4, 0.5) is 14.7 Å². The number of ether oxygens (including phenoxy) is 1. The third kappa shape index (κ3) is 5.37. The lowest BCUT2D eigenvalue weighted by atomic mass is 10.1. The van der Waals surface area contributed by atoms with E-state index in [1.54, 1.807) is 36.8 Å². The maximum Gasteiger partial charge on any atom is 0.387 e. The largest absolute Gasteiger partial charge is 0.435 e. The molecule has 4 aromatic rings. The van der Waals surface area contributed by atoms with Crippen molar-refractivity contribution in [2.24, 2.45) is 0 Å². The number of aromatic nitrogens is 5. The van der Waals surface area contributed by atoms with Crippen molar-refractivity contribution in [1.82, 2.24) is 28.6 Å². The quantitative estimate of drug-likeness (QED) is 0.360. The summed E-state index contributed by atoms with van der Waals surface area (Å²) in [7, 11) is -3.21. The fourth-order valence-electron chi connectivity index (χ4n) is 4.36. The molecule has 1 aliphatic rings.